The molecular weight excluding hydrogens is 330 g/mol. The summed E-state index contributed by atoms with van der Waals surface area (Å²) in [7, 11) is 0. The van der Waals surface area contributed by atoms with Crippen molar-refractivity contribution in [1.29, 1.82) is 0 Å². The Labute approximate surface area is 157 Å². The quantitative estimate of drug-likeness (QED) is 0.627. The van der Waals surface area contributed by atoms with Crippen LogP contribution < -0.4 is 10.6 Å². The van der Waals surface area contributed by atoms with E-state index in [4.69, 9.17) is 9.47 Å². The number of morpholine rings is 1. The Morgan fingerprint density at radius 1 is 1.19 bits per heavy atom. The first-order valence-electron chi connectivity index (χ1n) is 9.61. The summed E-state index contributed by atoms with van der Waals surface area (Å²) in [6.45, 7) is 11.3. The Bertz CT molecular complexity index is 531. The third kappa shape index (κ3) is 8.17. The summed E-state index contributed by atoms with van der Waals surface area (Å²) in [6.07, 6.45) is 0.827. The Kier molecular flexibility index (Phi) is 9.45. The normalized spacial score (nSPS) is 15.2. The standard InChI is InChI=1S/C20H33N3O3/c1-17(2)16-26-11-5-8-21-20(24)22-14-18-6-3-4-7-19(18)15-23-9-12-25-13-10-23/h3-4,6-7,17H,5,8-16H2,1-2H3,(H2,21,22,24). The first-order valence-corrected chi connectivity index (χ1v) is 9.61. The highest BCUT2D eigenvalue weighted by Crippen LogP contribution is 2.12. The smallest absolute Gasteiger partial charge is 0.315 e. The maximum atomic E-state index is 12.0. The molecule has 1 fully saturated rings. The minimum absolute atomic E-state index is 0.130. The molecule has 26 heavy (non-hydrogen) atoms. The molecule has 1 aliphatic heterocycles. The molecule has 1 aromatic rings. The Morgan fingerprint density at radius 3 is 2.65 bits per heavy atom. The van der Waals surface area contributed by atoms with Gasteiger partial charge < -0.3 is 20.1 Å². The van der Waals surface area contributed by atoms with Gasteiger partial charge in [-0.05, 0) is 23.5 Å². The second-order valence-electron chi connectivity index (χ2n) is 7.09. The summed E-state index contributed by atoms with van der Waals surface area (Å²) in [5.41, 5.74) is 2.42. The van der Waals surface area contributed by atoms with Crippen LogP contribution in [0.1, 0.15) is 31.4 Å². The fourth-order valence-corrected chi connectivity index (χ4v) is 2.82. The summed E-state index contributed by atoms with van der Waals surface area (Å²) in [5, 5.41) is 5.84. The maximum absolute atomic E-state index is 12.0. The summed E-state index contributed by atoms with van der Waals surface area (Å²) >= 11 is 0. The lowest BCUT2D eigenvalue weighted by atomic mass is 10.1. The van der Waals surface area contributed by atoms with Crippen LogP contribution in [0, 0.1) is 5.92 Å². The molecule has 0 unspecified atom stereocenters. The van der Waals surface area contributed by atoms with Gasteiger partial charge in [0.2, 0.25) is 0 Å². The minimum atomic E-state index is -0.130. The zero-order chi connectivity index (χ0) is 18.6. The van der Waals surface area contributed by atoms with Crippen LogP contribution in [-0.4, -0.2) is 57.0 Å². The van der Waals surface area contributed by atoms with E-state index in [1.54, 1.807) is 0 Å². The van der Waals surface area contributed by atoms with E-state index in [2.05, 4.69) is 47.6 Å². The fourth-order valence-electron chi connectivity index (χ4n) is 2.82. The van der Waals surface area contributed by atoms with E-state index in [1.807, 2.05) is 6.07 Å². The number of hydrogen-bond donors (Lipinski definition) is 2. The molecule has 1 aliphatic rings. The van der Waals surface area contributed by atoms with Gasteiger partial charge in [-0.15, -0.1) is 0 Å². The molecule has 2 amide bonds. The van der Waals surface area contributed by atoms with E-state index >= 15 is 0 Å². The third-order valence-corrected chi connectivity index (χ3v) is 4.26. The van der Waals surface area contributed by atoms with Crippen molar-refractivity contribution in [1.82, 2.24) is 15.5 Å². The number of nitrogens with zero attached hydrogens (tertiary/aromatic N) is 1. The van der Waals surface area contributed by atoms with Crippen LogP contribution in [0.25, 0.3) is 0 Å². The second kappa shape index (κ2) is 11.9. The average Bonchev–Trinajstić information content (AvgIpc) is 2.64. The zero-order valence-corrected chi connectivity index (χ0v) is 16.1. The van der Waals surface area contributed by atoms with Crippen molar-refractivity contribution in [3.63, 3.8) is 0 Å². The predicted molar refractivity (Wildman–Crippen MR) is 103 cm³/mol. The maximum Gasteiger partial charge on any atom is 0.315 e. The van der Waals surface area contributed by atoms with Crippen molar-refractivity contribution in [2.45, 2.75) is 33.4 Å². The largest absolute Gasteiger partial charge is 0.381 e. The number of ether oxygens (including phenoxy) is 2. The number of hydrogen-bond acceptors (Lipinski definition) is 4. The summed E-state index contributed by atoms with van der Waals surface area (Å²) < 4.78 is 10.9. The molecule has 2 rings (SSSR count). The highest BCUT2D eigenvalue weighted by atomic mass is 16.5. The monoisotopic (exact) mass is 363 g/mol. The van der Waals surface area contributed by atoms with Crippen molar-refractivity contribution in [3.05, 3.63) is 35.4 Å². The molecule has 146 valence electrons. The highest BCUT2D eigenvalue weighted by Gasteiger charge is 2.12. The van der Waals surface area contributed by atoms with Crippen molar-refractivity contribution < 1.29 is 14.3 Å². The molecule has 1 aromatic carbocycles. The van der Waals surface area contributed by atoms with Crippen molar-refractivity contribution in [2.24, 2.45) is 5.92 Å². The van der Waals surface area contributed by atoms with Crippen LogP contribution in [-0.2, 0) is 22.6 Å². The van der Waals surface area contributed by atoms with Gasteiger partial charge in [-0.3, -0.25) is 4.90 Å². The second-order valence-corrected chi connectivity index (χ2v) is 7.09. The molecule has 0 spiro atoms. The van der Waals surface area contributed by atoms with Gasteiger partial charge in [0.15, 0.2) is 0 Å². The minimum Gasteiger partial charge on any atom is -0.381 e. The van der Waals surface area contributed by atoms with E-state index in [9.17, 15) is 4.79 Å². The molecule has 0 atom stereocenters. The lowest BCUT2D eigenvalue weighted by Crippen LogP contribution is -2.37. The van der Waals surface area contributed by atoms with Gasteiger partial charge in [-0.25, -0.2) is 4.79 Å². The average molecular weight is 364 g/mol. The Hall–Kier alpha value is -1.63. The van der Waals surface area contributed by atoms with Crippen LogP contribution in [0.2, 0.25) is 0 Å². The van der Waals surface area contributed by atoms with Crippen LogP contribution in [0.3, 0.4) is 0 Å². The molecule has 0 bridgehead atoms. The first-order chi connectivity index (χ1) is 12.6. The SMILES string of the molecule is CC(C)COCCCNC(=O)NCc1ccccc1CN1CCOCC1. The van der Waals surface area contributed by atoms with Gasteiger partial charge in [0.1, 0.15) is 0 Å². The fraction of sp³-hybridized carbons (Fsp3) is 0.650. The molecule has 6 nitrogen and oxygen atoms in total. The topological polar surface area (TPSA) is 62.8 Å². The lowest BCUT2D eigenvalue weighted by Gasteiger charge is -2.27. The van der Waals surface area contributed by atoms with Crippen molar-refractivity contribution >= 4 is 6.03 Å². The molecular formula is C20H33N3O3. The number of nitrogens with one attached hydrogen (secondary N) is 2. The lowest BCUT2D eigenvalue weighted by molar-refractivity contribution is 0.0341. The van der Waals surface area contributed by atoms with Gasteiger partial charge in [-0.2, -0.15) is 0 Å². The number of amides is 2. The molecule has 0 aromatic heterocycles. The van der Waals surface area contributed by atoms with Crippen LogP contribution in [0.5, 0.6) is 0 Å². The number of benzene rings is 1. The Morgan fingerprint density at radius 2 is 1.92 bits per heavy atom. The molecule has 0 saturated carbocycles. The van der Waals surface area contributed by atoms with Gasteiger partial charge in [-0.1, -0.05) is 38.1 Å². The highest BCUT2D eigenvalue weighted by molar-refractivity contribution is 5.73. The number of urea groups is 1. The zero-order valence-electron chi connectivity index (χ0n) is 16.1. The molecule has 1 saturated heterocycles. The van der Waals surface area contributed by atoms with Crippen LogP contribution in [0.15, 0.2) is 24.3 Å². The molecule has 2 N–H and O–H groups in total. The number of carbonyl (C=O) groups excluding carboxylic acids is 1. The number of carbonyl (C=O) groups is 1. The first kappa shape index (κ1) is 20.7. The van der Waals surface area contributed by atoms with Gasteiger partial charge in [0, 0.05) is 45.9 Å². The Balaban J connectivity index is 1.67. The van der Waals surface area contributed by atoms with Crippen molar-refractivity contribution in [3.8, 4) is 0 Å². The molecule has 0 aliphatic carbocycles. The van der Waals surface area contributed by atoms with E-state index in [0.717, 1.165) is 51.4 Å². The van der Waals surface area contributed by atoms with Gasteiger partial charge >= 0.3 is 6.03 Å². The van der Waals surface area contributed by atoms with E-state index in [1.165, 1.54) is 5.56 Å². The predicted octanol–water partition coefficient (Wildman–Crippen LogP) is 2.38. The van der Waals surface area contributed by atoms with Crippen LogP contribution in [0.4, 0.5) is 4.79 Å². The molecule has 1 heterocycles. The van der Waals surface area contributed by atoms with Crippen molar-refractivity contribution in [2.75, 3.05) is 46.1 Å². The van der Waals surface area contributed by atoms with E-state index < -0.39 is 0 Å². The number of rotatable bonds is 10. The summed E-state index contributed by atoms with van der Waals surface area (Å²) in [5.74, 6) is 0.545. The summed E-state index contributed by atoms with van der Waals surface area (Å²) in [4.78, 5) is 14.4. The van der Waals surface area contributed by atoms with Gasteiger partial charge in [0.25, 0.3) is 0 Å². The molecule has 0 radical (unpaired) electrons. The summed E-state index contributed by atoms with van der Waals surface area (Å²) in [6, 6.07) is 8.15. The van der Waals surface area contributed by atoms with E-state index in [0.29, 0.717) is 25.6 Å². The van der Waals surface area contributed by atoms with Gasteiger partial charge in [0.05, 0.1) is 13.2 Å². The molecule has 6 heteroatoms. The van der Waals surface area contributed by atoms with E-state index in [-0.39, 0.29) is 6.03 Å². The van der Waals surface area contributed by atoms with Crippen LogP contribution >= 0.6 is 0 Å². The third-order valence-electron chi connectivity index (χ3n) is 4.26.